The van der Waals surface area contributed by atoms with E-state index in [4.69, 9.17) is 9.47 Å². The van der Waals surface area contributed by atoms with Gasteiger partial charge in [0.15, 0.2) is 11.5 Å². The van der Waals surface area contributed by atoms with E-state index in [9.17, 15) is 13.2 Å². The van der Waals surface area contributed by atoms with E-state index in [1.54, 1.807) is 10.7 Å². The van der Waals surface area contributed by atoms with Gasteiger partial charge in [-0.15, -0.1) is 6.58 Å². The number of amides is 1. The van der Waals surface area contributed by atoms with Gasteiger partial charge in [0, 0.05) is 32.0 Å². The molecule has 0 aliphatic carbocycles. The Kier molecular flexibility index (Phi) is 5.01. The van der Waals surface area contributed by atoms with Crippen molar-refractivity contribution in [2.75, 3.05) is 18.2 Å². The van der Waals surface area contributed by atoms with Crippen LogP contribution in [0.2, 0.25) is 0 Å². The Bertz CT molecular complexity index is 1320. The second-order valence-corrected chi connectivity index (χ2v) is 9.42. The van der Waals surface area contributed by atoms with Crippen molar-refractivity contribution in [3.05, 3.63) is 60.9 Å². The maximum atomic E-state index is 12.9. The van der Waals surface area contributed by atoms with E-state index in [0.29, 0.717) is 23.1 Å². The number of carbonyl (C=O) groups excluding carboxylic acids is 1. The first-order valence-electron chi connectivity index (χ1n) is 10.3. The van der Waals surface area contributed by atoms with Gasteiger partial charge in [0.1, 0.15) is 0 Å². The topological polar surface area (TPSA) is 102 Å². The number of nitrogens with one attached hydrogen (secondary N) is 1. The van der Waals surface area contributed by atoms with Crippen molar-refractivity contribution in [3.63, 3.8) is 0 Å². The summed E-state index contributed by atoms with van der Waals surface area (Å²) in [6.45, 7) is 4.79. The number of fused-ring (bicyclic) bond motifs is 2. The number of rotatable bonds is 6. The minimum Gasteiger partial charge on any atom is -0.454 e. The normalized spacial score (nSPS) is 17.6. The SMILES string of the molecule is C=CC[C@H]1CCCN1c1ccn2ncc(C(=O)NS(=O)(=O)c3ccc4c(c3)OCO4)c2c1.[HH]. The smallest absolute Gasteiger partial charge is 0.268 e. The van der Waals surface area contributed by atoms with Crippen LogP contribution in [0.25, 0.3) is 5.52 Å². The van der Waals surface area contributed by atoms with E-state index in [1.807, 2.05) is 18.2 Å². The lowest BCUT2D eigenvalue weighted by Gasteiger charge is -2.26. The highest BCUT2D eigenvalue weighted by atomic mass is 32.2. The molecule has 0 spiro atoms. The lowest BCUT2D eigenvalue weighted by molar-refractivity contribution is 0.0983. The van der Waals surface area contributed by atoms with E-state index < -0.39 is 15.9 Å². The molecule has 168 valence electrons. The minimum atomic E-state index is -4.11. The van der Waals surface area contributed by atoms with Crippen LogP contribution in [0, 0.1) is 0 Å². The summed E-state index contributed by atoms with van der Waals surface area (Å²) < 4.78 is 39.7. The molecule has 1 N–H and O–H groups in total. The monoisotopic (exact) mass is 456 g/mol. The Morgan fingerprint density at radius 1 is 1.28 bits per heavy atom. The summed E-state index contributed by atoms with van der Waals surface area (Å²) >= 11 is 0. The lowest BCUT2D eigenvalue weighted by atomic mass is 10.1. The Labute approximate surface area is 186 Å². The molecule has 1 atom stereocenters. The number of benzene rings is 1. The zero-order valence-electron chi connectivity index (χ0n) is 17.2. The molecular weight excluding hydrogens is 432 g/mol. The summed E-state index contributed by atoms with van der Waals surface area (Å²) in [6.07, 6.45) is 8.11. The third kappa shape index (κ3) is 3.56. The Morgan fingerprint density at radius 2 is 2.12 bits per heavy atom. The predicted molar refractivity (Wildman–Crippen MR) is 120 cm³/mol. The zero-order valence-corrected chi connectivity index (χ0v) is 18.0. The average Bonchev–Trinajstić information content (AvgIpc) is 3.51. The molecule has 0 unspecified atom stereocenters. The first-order valence-corrected chi connectivity index (χ1v) is 11.8. The number of aromatic nitrogens is 2. The summed E-state index contributed by atoms with van der Waals surface area (Å²) in [5.41, 5.74) is 1.68. The second kappa shape index (κ2) is 7.86. The van der Waals surface area contributed by atoms with Gasteiger partial charge in [-0.1, -0.05) is 6.08 Å². The summed E-state index contributed by atoms with van der Waals surface area (Å²) in [4.78, 5) is 15.1. The zero-order chi connectivity index (χ0) is 22.3. The molecule has 2 aliphatic rings. The van der Waals surface area contributed by atoms with Crippen LogP contribution in [-0.2, 0) is 10.0 Å². The number of nitrogens with zero attached hydrogens (tertiary/aromatic N) is 3. The fourth-order valence-electron chi connectivity index (χ4n) is 4.22. The van der Waals surface area contributed by atoms with Crippen molar-refractivity contribution in [1.82, 2.24) is 14.3 Å². The van der Waals surface area contributed by atoms with Crippen molar-refractivity contribution in [2.24, 2.45) is 0 Å². The Hall–Kier alpha value is -3.53. The molecule has 10 heteroatoms. The number of hydrogen-bond acceptors (Lipinski definition) is 7. The molecule has 2 aliphatic heterocycles. The van der Waals surface area contributed by atoms with Gasteiger partial charge in [-0.3, -0.25) is 4.79 Å². The predicted octanol–water partition coefficient (Wildman–Crippen LogP) is 2.97. The molecule has 1 amide bonds. The van der Waals surface area contributed by atoms with Crippen LogP contribution < -0.4 is 19.1 Å². The largest absolute Gasteiger partial charge is 0.454 e. The Balaban J connectivity index is 0.00000259. The van der Waals surface area contributed by atoms with Crippen LogP contribution in [-0.4, -0.2) is 43.3 Å². The van der Waals surface area contributed by atoms with Crippen LogP contribution in [0.3, 0.4) is 0 Å². The molecule has 9 nitrogen and oxygen atoms in total. The van der Waals surface area contributed by atoms with Crippen LogP contribution >= 0.6 is 0 Å². The summed E-state index contributed by atoms with van der Waals surface area (Å²) in [5.74, 6) is 0.0293. The standard InChI is InChI=1S/C22H22N4O5S.H2/c1-2-4-15-5-3-9-25(15)16-8-10-26-19(11-16)18(13-23-26)22(27)24-32(28,29)17-6-7-20-21(12-17)31-14-30-20;/h2,6-8,10-13,15H,1,3-5,9,14H2,(H,24,27);1H/t15-;/m0./s1. The summed E-state index contributed by atoms with van der Waals surface area (Å²) in [6, 6.07) is 8.38. The molecule has 1 saturated heterocycles. The lowest BCUT2D eigenvalue weighted by Crippen LogP contribution is -2.30. The minimum absolute atomic E-state index is 0. The first-order chi connectivity index (χ1) is 15.5. The van der Waals surface area contributed by atoms with E-state index in [0.717, 1.165) is 31.5 Å². The fourth-order valence-corrected chi connectivity index (χ4v) is 5.20. The molecule has 0 bridgehead atoms. The van der Waals surface area contributed by atoms with Crippen molar-refractivity contribution < 1.29 is 24.1 Å². The van der Waals surface area contributed by atoms with Crippen molar-refractivity contribution >= 4 is 27.1 Å². The van der Waals surface area contributed by atoms with Gasteiger partial charge in [0.05, 0.1) is 22.2 Å². The van der Waals surface area contributed by atoms with Gasteiger partial charge in [0.25, 0.3) is 15.9 Å². The van der Waals surface area contributed by atoms with Crippen LogP contribution in [0.4, 0.5) is 5.69 Å². The first kappa shape index (κ1) is 20.4. The molecule has 3 aromatic rings. The van der Waals surface area contributed by atoms with Crippen molar-refractivity contribution in [1.29, 1.82) is 0 Å². The molecule has 32 heavy (non-hydrogen) atoms. The van der Waals surface area contributed by atoms with Gasteiger partial charge >= 0.3 is 0 Å². The van der Waals surface area contributed by atoms with Gasteiger partial charge in [-0.2, -0.15) is 5.10 Å². The van der Waals surface area contributed by atoms with Gasteiger partial charge < -0.3 is 14.4 Å². The summed E-state index contributed by atoms with van der Waals surface area (Å²) in [7, 11) is -4.11. The van der Waals surface area contributed by atoms with Crippen molar-refractivity contribution in [3.8, 4) is 11.5 Å². The molecule has 4 heterocycles. The van der Waals surface area contributed by atoms with Crippen LogP contribution in [0.5, 0.6) is 11.5 Å². The van der Waals surface area contributed by atoms with Gasteiger partial charge in [0.2, 0.25) is 6.79 Å². The number of anilines is 1. The van der Waals surface area contributed by atoms with Gasteiger partial charge in [-0.05, 0) is 43.5 Å². The Morgan fingerprint density at radius 3 is 2.97 bits per heavy atom. The molecule has 5 rings (SSSR count). The maximum Gasteiger partial charge on any atom is 0.268 e. The number of ether oxygens (including phenoxy) is 2. The highest BCUT2D eigenvalue weighted by Gasteiger charge is 2.26. The number of pyridine rings is 1. The van der Waals surface area contributed by atoms with E-state index >= 15 is 0 Å². The van der Waals surface area contributed by atoms with Crippen molar-refractivity contribution in [2.45, 2.75) is 30.2 Å². The third-order valence-electron chi connectivity index (χ3n) is 5.78. The third-order valence-corrected chi connectivity index (χ3v) is 7.11. The molecule has 1 aromatic carbocycles. The number of sulfonamides is 1. The average molecular weight is 457 g/mol. The van der Waals surface area contributed by atoms with E-state index in [1.165, 1.54) is 24.4 Å². The highest BCUT2D eigenvalue weighted by Crippen LogP contribution is 2.34. The molecule has 0 radical (unpaired) electrons. The number of hydrogen-bond donors (Lipinski definition) is 1. The molecular formula is C22H24N4O5S. The second-order valence-electron chi connectivity index (χ2n) is 7.74. The molecule has 1 fully saturated rings. The van der Waals surface area contributed by atoms with E-state index in [-0.39, 0.29) is 18.7 Å². The van der Waals surface area contributed by atoms with Gasteiger partial charge in [-0.25, -0.2) is 17.7 Å². The quantitative estimate of drug-likeness (QED) is 0.569. The summed E-state index contributed by atoms with van der Waals surface area (Å²) in [5, 5.41) is 4.20. The fraction of sp³-hybridized carbons (Fsp3) is 0.273. The molecule has 2 aromatic heterocycles. The maximum absolute atomic E-state index is 12.9. The molecule has 0 saturated carbocycles. The van der Waals surface area contributed by atoms with Crippen LogP contribution in [0.15, 0.2) is 60.3 Å². The highest BCUT2D eigenvalue weighted by molar-refractivity contribution is 7.90. The van der Waals surface area contributed by atoms with Crippen LogP contribution in [0.1, 0.15) is 31.0 Å². The number of carbonyl (C=O) groups is 1. The van der Waals surface area contributed by atoms with E-state index in [2.05, 4.69) is 21.3 Å².